The molecule has 2 aromatic carbocycles. The summed E-state index contributed by atoms with van der Waals surface area (Å²) >= 11 is 2.33. The number of benzene rings is 2. The van der Waals surface area contributed by atoms with Crippen molar-refractivity contribution in [2.75, 3.05) is 11.4 Å². The molecule has 0 fully saturated rings. The number of fused-ring (bicyclic) bond motifs is 1. The van der Waals surface area contributed by atoms with Gasteiger partial charge in [0.15, 0.2) is 0 Å². The van der Waals surface area contributed by atoms with Gasteiger partial charge in [0.2, 0.25) is 0 Å². The van der Waals surface area contributed by atoms with Gasteiger partial charge in [-0.1, -0.05) is 13.0 Å². The molecule has 1 atom stereocenters. The molecule has 0 N–H and O–H groups in total. The summed E-state index contributed by atoms with van der Waals surface area (Å²) in [5.41, 5.74) is 6.58. The second-order valence-electron chi connectivity index (χ2n) is 7.67. The van der Waals surface area contributed by atoms with Gasteiger partial charge >= 0.3 is 0 Å². The summed E-state index contributed by atoms with van der Waals surface area (Å²) in [5.74, 6) is 0.568. The summed E-state index contributed by atoms with van der Waals surface area (Å²) in [6, 6.07) is 13.0. The quantitative estimate of drug-likeness (QED) is 0.390. The standard InChI is InChI=1S/C22H27IN2/c1-6-25-21-10-15(2)17(11-20(21)16(3)13-22(25,4)5)14-24-19-9-7-8-18(23)12-19/h7-12,14,16H,6,13H2,1-5H3. The van der Waals surface area contributed by atoms with Gasteiger partial charge in [0.25, 0.3) is 0 Å². The molecule has 0 amide bonds. The molecule has 3 rings (SSSR count). The fraction of sp³-hybridized carbons (Fsp3) is 0.409. The minimum absolute atomic E-state index is 0.212. The van der Waals surface area contributed by atoms with E-state index in [1.807, 2.05) is 6.21 Å². The van der Waals surface area contributed by atoms with E-state index in [1.165, 1.54) is 32.4 Å². The van der Waals surface area contributed by atoms with Gasteiger partial charge in [-0.3, -0.25) is 4.99 Å². The van der Waals surface area contributed by atoms with Gasteiger partial charge in [-0.15, -0.1) is 0 Å². The number of anilines is 1. The van der Waals surface area contributed by atoms with Gasteiger partial charge in [0, 0.05) is 27.6 Å². The fourth-order valence-corrected chi connectivity index (χ4v) is 4.62. The Morgan fingerprint density at radius 2 is 2.04 bits per heavy atom. The lowest BCUT2D eigenvalue weighted by atomic mass is 9.79. The first-order chi connectivity index (χ1) is 11.8. The topological polar surface area (TPSA) is 15.6 Å². The lowest BCUT2D eigenvalue weighted by Crippen LogP contribution is -2.48. The second kappa shape index (κ2) is 7.10. The zero-order chi connectivity index (χ0) is 18.2. The average molecular weight is 446 g/mol. The van der Waals surface area contributed by atoms with Gasteiger partial charge in [-0.2, -0.15) is 0 Å². The maximum Gasteiger partial charge on any atom is 0.0640 e. The molecule has 25 heavy (non-hydrogen) atoms. The minimum atomic E-state index is 0.212. The van der Waals surface area contributed by atoms with Crippen LogP contribution in [0.25, 0.3) is 0 Å². The molecule has 1 unspecified atom stereocenters. The molecular formula is C22H27IN2. The number of hydrogen-bond donors (Lipinski definition) is 0. The molecule has 0 saturated heterocycles. The second-order valence-corrected chi connectivity index (χ2v) is 8.91. The zero-order valence-electron chi connectivity index (χ0n) is 15.8. The number of aryl methyl sites for hydroxylation is 1. The van der Waals surface area contributed by atoms with E-state index in [4.69, 9.17) is 4.99 Å². The third kappa shape index (κ3) is 3.76. The maximum atomic E-state index is 4.70. The van der Waals surface area contributed by atoms with Crippen LogP contribution in [0.3, 0.4) is 0 Å². The van der Waals surface area contributed by atoms with E-state index in [1.54, 1.807) is 0 Å². The van der Waals surface area contributed by atoms with E-state index in [0.717, 1.165) is 12.2 Å². The van der Waals surface area contributed by atoms with Crippen molar-refractivity contribution in [3.05, 3.63) is 56.7 Å². The van der Waals surface area contributed by atoms with Crippen molar-refractivity contribution in [3.63, 3.8) is 0 Å². The van der Waals surface area contributed by atoms with Gasteiger partial charge in [0.05, 0.1) is 5.69 Å². The molecule has 1 aliphatic heterocycles. The summed E-state index contributed by atoms with van der Waals surface area (Å²) in [4.78, 5) is 7.25. The third-order valence-electron chi connectivity index (χ3n) is 5.25. The summed E-state index contributed by atoms with van der Waals surface area (Å²) in [7, 11) is 0. The molecule has 1 heterocycles. The Bertz CT molecular complexity index is 808. The first-order valence-electron chi connectivity index (χ1n) is 9.03. The molecule has 1 aliphatic rings. The van der Waals surface area contributed by atoms with Crippen LogP contribution in [0.5, 0.6) is 0 Å². The molecule has 0 saturated carbocycles. The predicted molar refractivity (Wildman–Crippen MR) is 118 cm³/mol. The lowest BCUT2D eigenvalue weighted by Gasteiger charge is -2.47. The summed E-state index contributed by atoms with van der Waals surface area (Å²) < 4.78 is 1.21. The van der Waals surface area contributed by atoms with Crippen molar-refractivity contribution in [2.45, 2.75) is 52.5 Å². The predicted octanol–water partition coefficient (Wildman–Crippen LogP) is 6.46. The van der Waals surface area contributed by atoms with Crippen molar-refractivity contribution in [2.24, 2.45) is 4.99 Å². The van der Waals surface area contributed by atoms with Crippen molar-refractivity contribution in [3.8, 4) is 0 Å². The first kappa shape index (κ1) is 18.4. The van der Waals surface area contributed by atoms with Crippen LogP contribution in [-0.2, 0) is 0 Å². The van der Waals surface area contributed by atoms with E-state index in [2.05, 4.69) is 98.5 Å². The highest BCUT2D eigenvalue weighted by molar-refractivity contribution is 14.1. The Morgan fingerprint density at radius 1 is 1.28 bits per heavy atom. The Kier molecular flexibility index (Phi) is 5.24. The van der Waals surface area contributed by atoms with E-state index in [-0.39, 0.29) is 5.54 Å². The first-order valence-corrected chi connectivity index (χ1v) is 10.1. The SMILES string of the molecule is CCN1c2cc(C)c(C=Nc3cccc(I)c3)cc2C(C)CC1(C)C. The number of rotatable bonds is 3. The Balaban J connectivity index is 2.00. The maximum absolute atomic E-state index is 4.70. The highest BCUT2D eigenvalue weighted by Crippen LogP contribution is 2.44. The molecule has 132 valence electrons. The van der Waals surface area contributed by atoms with Crippen LogP contribution in [-0.4, -0.2) is 18.3 Å². The van der Waals surface area contributed by atoms with Crippen LogP contribution in [0, 0.1) is 10.5 Å². The van der Waals surface area contributed by atoms with E-state index >= 15 is 0 Å². The zero-order valence-corrected chi connectivity index (χ0v) is 18.0. The van der Waals surface area contributed by atoms with E-state index in [9.17, 15) is 0 Å². The van der Waals surface area contributed by atoms with Crippen LogP contribution < -0.4 is 4.90 Å². The molecule has 3 heteroatoms. The summed E-state index contributed by atoms with van der Waals surface area (Å²) in [6.45, 7) is 12.6. The number of hydrogen-bond acceptors (Lipinski definition) is 2. The third-order valence-corrected chi connectivity index (χ3v) is 5.92. The molecule has 0 aliphatic carbocycles. The van der Waals surface area contributed by atoms with Crippen LogP contribution in [0.4, 0.5) is 11.4 Å². The Hall–Kier alpha value is -1.36. The molecule has 0 spiro atoms. The number of nitrogens with zero attached hydrogens (tertiary/aromatic N) is 2. The van der Waals surface area contributed by atoms with E-state index < -0.39 is 0 Å². The number of aliphatic imine (C=N–C) groups is 1. The van der Waals surface area contributed by atoms with Gasteiger partial charge in [-0.05, 0) is 110 Å². The van der Waals surface area contributed by atoms with Crippen LogP contribution >= 0.6 is 22.6 Å². The summed E-state index contributed by atoms with van der Waals surface area (Å²) in [6.07, 6.45) is 3.20. The largest absolute Gasteiger partial charge is 0.366 e. The molecule has 0 aromatic heterocycles. The monoisotopic (exact) mass is 446 g/mol. The highest BCUT2D eigenvalue weighted by Gasteiger charge is 2.35. The van der Waals surface area contributed by atoms with Crippen LogP contribution in [0.2, 0.25) is 0 Å². The molecular weight excluding hydrogens is 419 g/mol. The van der Waals surface area contributed by atoms with Gasteiger partial charge in [-0.25, -0.2) is 0 Å². The van der Waals surface area contributed by atoms with Crippen molar-refractivity contribution < 1.29 is 0 Å². The van der Waals surface area contributed by atoms with E-state index in [0.29, 0.717) is 5.92 Å². The number of halogens is 1. The van der Waals surface area contributed by atoms with Crippen molar-refractivity contribution in [1.29, 1.82) is 0 Å². The Morgan fingerprint density at radius 3 is 2.72 bits per heavy atom. The van der Waals surface area contributed by atoms with Crippen molar-refractivity contribution >= 4 is 40.2 Å². The molecule has 0 radical (unpaired) electrons. The average Bonchev–Trinajstić information content (AvgIpc) is 2.53. The van der Waals surface area contributed by atoms with Crippen LogP contribution in [0.15, 0.2) is 41.4 Å². The fourth-order valence-electron chi connectivity index (χ4n) is 4.09. The normalized spacial score (nSPS) is 19.3. The Labute approximate surface area is 165 Å². The minimum Gasteiger partial charge on any atom is -0.366 e. The van der Waals surface area contributed by atoms with Crippen LogP contribution in [0.1, 0.15) is 56.7 Å². The van der Waals surface area contributed by atoms with Gasteiger partial charge in [0.1, 0.15) is 0 Å². The van der Waals surface area contributed by atoms with Crippen molar-refractivity contribution in [1.82, 2.24) is 0 Å². The van der Waals surface area contributed by atoms with Gasteiger partial charge < -0.3 is 4.90 Å². The molecule has 0 bridgehead atoms. The smallest absolute Gasteiger partial charge is 0.0640 e. The lowest BCUT2D eigenvalue weighted by molar-refractivity contribution is 0.381. The highest BCUT2D eigenvalue weighted by atomic mass is 127. The molecule has 2 nitrogen and oxygen atoms in total. The summed E-state index contributed by atoms with van der Waals surface area (Å²) in [5, 5.41) is 0. The molecule has 2 aromatic rings.